The van der Waals surface area contributed by atoms with Crippen molar-refractivity contribution in [3.63, 3.8) is 0 Å². The Balaban J connectivity index is 4.00. The molecule has 3 N–H and O–H groups in total. The number of nitrogens with two attached hydrogens (primary N) is 1. The van der Waals surface area contributed by atoms with E-state index in [2.05, 4.69) is 25.0 Å². The molecule has 0 aliphatic heterocycles. The van der Waals surface area contributed by atoms with Crippen molar-refractivity contribution in [2.24, 2.45) is 5.73 Å². The first-order chi connectivity index (χ1) is 7.54. The van der Waals surface area contributed by atoms with Crippen LogP contribution in [0.4, 0.5) is 13.2 Å². The lowest BCUT2D eigenvalue weighted by Gasteiger charge is -2.18. The maximum Gasteiger partial charge on any atom is 0.432 e. The summed E-state index contributed by atoms with van der Waals surface area (Å²) < 4.78 is 42.4. The molecule has 7 heteroatoms. The minimum atomic E-state index is -4.46. The summed E-state index contributed by atoms with van der Waals surface area (Å²) in [5.74, 6) is 0. The first-order valence-corrected chi connectivity index (χ1v) is 9.10. The van der Waals surface area contributed by atoms with Crippen molar-refractivity contribution in [3.05, 3.63) is 11.4 Å². The Morgan fingerprint density at radius 2 is 1.82 bits per heavy atom. The highest BCUT2D eigenvalue weighted by molar-refractivity contribution is 6.76. The molecule has 0 spiro atoms. The maximum atomic E-state index is 12.4. The van der Waals surface area contributed by atoms with Gasteiger partial charge in [0.1, 0.15) is 12.4 Å². The highest BCUT2D eigenvalue weighted by Gasteiger charge is 2.35. The maximum absolute atomic E-state index is 12.4. The van der Waals surface area contributed by atoms with Gasteiger partial charge in [0.25, 0.3) is 0 Å². The zero-order chi connectivity index (χ0) is 13.7. The number of ether oxygens (including phenoxy) is 1. The van der Waals surface area contributed by atoms with E-state index in [0.29, 0.717) is 6.61 Å². The van der Waals surface area contributed by atoms with Crippen molar-refractivity contribution in [3.8, 4) is 0 Å². The fraction of sp³-hybridized carbons (Fsp3) is 0.800. The van der Waals surface area contributed by atoms with Gasteiger partial charge in [-0.1, -0.05) is 19.6 Å². The second-order valence-corrected chi connectivity index (χ2v) is 10.7. The summed E-state index contributed by atoms with van der Waals surface area (Å²) in [7, 11) is -1.20. The molecule has 17 heavy (non-hydrogen) atoms. The summed E-state index contributed by atoms with van der Waals surface area (Å²) in [6.45, 7) is 8.03. The molecule has 0 heterocycles. The Morgan fingerprint density at radius 3 is 2.18 bits per heavy atom. The Kier molecular flexibility index (Phi) is 6.04. The Labute approximate surface area is 101 Å². The number of alkyl halides is 3. The van der Waals surface area contributed by atoms with Gasteiger partial charge in [0.2, 0.25) is 0 Å². The molecule has 0 saturated carbocycles. The normalized spacial score (nSPS) is 14.5. The van der Waals surface area contributed by atoms with Crippen LogP contribution in [0, 0.1) is 0 Å². The molecule has 0 rings (SSSR count). The van der Waals surface area contributed by atoms with Gasteiger partial charge in [-0.05, 0) is 13.0 Å². The van der Waals surface area contributed by atoms with E-state index < -0.39 is 19.9 Å². The van der Waals surface area contributed by atoms with E-state index in [1.807, 2.05) is 0 Å². The van der Waals surface area contributed by atoms with Crippen LogP contribution in [-0.2, 0) is 4.74 Å². The predicted molar refractivity (Wildman–Crippen MR) is 65.1 cm³/mol. The molecule has 0 fully saturated rings. The van der Waals surface area contributed by atoms with Crippen LogP contribution in [0.25, 0.3) is 0 Å². The molecule has 0 bridgehead atoms. The molecule has 0 saturated heterocycles. The summed E-state index contributed by atoms with van der Waals surface area (Å²) in [5, 5.41) is 2.17. The van der Waals surface area contributed by atoms with Crippen molar-refractivity contribution in [1.29, 1.82) is 0 Å². The fourth-order valence-corrected chi connectivity index (χ4v) is 1.79. The predicted octanol–water partition coefficient (Wildman–Crippen LogP) is 2.64. The molecule has 0 aromatic carbocycles. The van der Waals surface area contributed by atoms with Gasteiger partial charge >= 0.3 is 6.18 Å². The topological polar surface area (TPSA) is 47.3 Å². The minimum absolute atomic E-state index is 0.173. The number of nitrogens with one attached hydrogen (secondary N) is 1. The zero-order valence-corrected chi connectivity index (χ0v) is 11.7. The van der Waals surface area contributed by atoms with Crippen LogP contribution < -0.4 is 11.1 Å². The van der Waals surface area contributed by atoms with Crippen molar-refractivity contribution in [2.45, 2.75) is 38.8 Å². The van der Waals surface area contributed by atoms with Crippen molar-refractivity contribution >= 4 is 8.07 Å². The average Bonchev–Trinajstić information content (AvgIpc) is 2.05. The van der Waals surface area contributed by atoms with Crippen molar-refractivity contribution in [2.75, 3.05) is 13.3 Å². The van der Waals surface area contributed by atoms with Crippen LogP contribution in [0.2, 0.25) is 25.7 Å². The second-order valence-electron chi connectivity index (χ2n) is 5.10. The summed E-state index contributed by atoms with van der Waals surface area (Å²) in [6.07, 6.45) is -4.46. The monoisotopic (exact) mass is 270 g/mol. The van der Waals surface area contributed by atoms with Gasteiger partial charge in [-0.25, -0.2) is 0 Å². The van der Waals surface area contributed by atoms with Crippen LogP contribution >= 0.6 is 0 Å². The van der Waals surface area contributed by atoms with E-state index >= 15 is 0 Å². The lowest BCUT2D eigenvalue weighted by atomic mass is 10.3. The van der Waals surface area contributed by atoms with Gasteiger partial charge in [0.15, 0.2) is 0 Å². The molecule has 0 aromatic rings. The zero-order valence-electron chi connectivity index (χ0n) is 10.7. The quantitative estimate of drug-likeness (QED) is 0.443. The number of hydrogen-bond acceptors (Lipinski definition) is 3. The third kappa shape index (κ3) is 8.09. The molecule has 0 unspecified atom stereocenters. The second kappa shape index (κ2) is 6.30. The van der Waals surface area contributed by atoms with E-state index in [0.717, 1.165) is 6.04 Å². The van der Waals surface area contributed by atoms with Gasteiger partial charge in [-0.3, -0.25) is 0 Å². The van der Waals surface area contributed by atoms with Crippen molar-refractivity contribution < 1.29 is 17.9 Å². The molecule has 102 valence electrons. The average molecular weight is 270 g/mol. The third-order valence-electron chi connectivity index (χ3n) is 2.03. The first-order valence-electron chi connectivity index (χ1n) is 5.39. The van der Waals surface area contributed by atoms with Crippen LogP contribution in [0.3, 0.4) is 0 Å². The Bertz CT molecular complexity index is 268. The summed E-state index contributed by atoms with van der Waals surface area (Å²) >= 11 is 0. The van der Waals surface area contributed by atoms with Gasteiger partial charge in [-0.2, -0.15) is 13.2 Å². The molecule has 0 amide bonds. The largest absolute Gasteiger partial charge is 0.432 e. The van der Waals surface area contributed by atoms with E-state index in [4.69, 9.17) is 10.5 Å². The van der Waals surface area contributed by atoms with Crippen LogP contribution in [-0.4, -0.2) is 27.6 Å². The highest BCUT2D eigenvalue weighted by atomic mass is 28.3. The van der Waals surface area contributed by atoms with Crippen LogP contribution in [0.15, 0.2) is 11.4 Å². The van der Waals surface area contributed by atoms with E-state index in [9.17, 15) is 13.2 Å². The molecule has 3 nitrogen and oxygen atoms in total. The first kappa shape index (κ1) is 16.3. The lowest BCUT2D eigenvalue weighted by Crippen LogP contribution is -2.32. The Morgan fingerprint density at radius 1 is 1.29 bits per heavy atom. The Hall–Kier alpha value is -0.693. The van der Waals surface area contributed by atoms with Gasteiger partial charge in [0.05, 0.1) is 0 Å². The molecule has 0 aromatic heterocycles. The SMILES string of the molecule is C/C(N)=C(/NCOCC[Si](C)(C)C)C(F)(F)F. The number of hydrogen-bond donors (Lipinski definition) is 2. The summed E-state index contributed by atoms with van der Waals surface area (Å²) in [5.41, 5.74) is 3.94. The fourth-order valence-electron chi connectivity index (χ4n) is 1.04. The van der Waals surface area contributed by atoms with E-state index in [1.165, 1.54) is 6.92 Å². The van der Waals surface area contributed by atoms with Crippen LogP contribution in [0.1, 0.15) is 6.92 Å². The van der Waals surface area contributed by atoms with Gasteiger partial charge in [0, 0.05) is 20.4 Å². The van der Waals surface area contributed by atoms with E-state index in [1.54, 1.807) is 0 Å². The summed E-state index contributed by atoms with van der Waals surface area (Å²) in [6, 6.07) is 0.918. The minimum Gasteiger partial charge on any atom is -0.401 e. The number of allylic oxidation sites excluding steroid dienone is 2. The van der Waals surface area contributed by atoms with Gasteiger partial charge < -0.3 is 15.8 Å². The lowest BCUT2D eigenvalue weighted by molar-refractivity contribution is -0.100. The highest BCUT2D eigenvalue weighted by Crippen LogP contribution is 2.24. The smallest absolute Gasteiger partial charge is 0.401 e. The van der Waals surface area contributed by atoms with Crippen molar-refractivity contribution in [1.82, 2.24) is 5.32 Å². The number of halogens is 3. The molecule has 0 radical (unpaired) electrons. The molecular weight excluding hydrogens is 249 g/mol. The third-order valence-corrected chi connectivity index (χ3v) is 3.73. The standard InChI is InChI=1S/C10H21F3N2OSi/c1-8(14)9(10(11,12)13)15-7-16-5-6-17(2,3)4/h15H,5-7,14H2,1-4H3/b9-8-. The number of rotatable bonds is 6. The molecular formula is C10H21F3N2OSi. The molecule has 0 atom stereocenters. The van der Waals surface area contributed by atoms with E-state index in [-0.39, 0.29) is 12.4 Å². The molecule has 0 aliphatic rings. The summed E-state index contributed by atoms with van der Waals surface area (Å²) in [4.78, 5) is 0. The van der Waals surface area contributed by atoms with Crippen LogP contribution in [0.5, 0.6) is 0 Å². The van der Waals surface area contributed by atoms with Gasteiger partial charge in [-0.15, -0.1) is 0 Å². The molecule has 0 aliphatic carbocycles.